The number of rotatable bonds is 7. The first-order chi connectivity index (χ1) is 16.3. The molecule has 6 rings (SSSR count). The number of hydrogen-bond acceptors (Lipinski definition) is 8. The van der Waals surface area contributed by atoms with E-state index in [9.17, 15) is 0 Å². The molecule has 168 valence electrons. The minimum absolute atomic E-state index is 0.178. The van der Waals surface area contributed by atoms with Gasteiger partial charge in [0.05, 0.1) is 18.3 Å². The van der Waals surface area contributed by atoms with Crippen molar-refractivity contribution in [3.05, 3.63) is 59.6 Å². The summed E-state index contributed by atoms with van der Waals surface area (Å²) < 4.78 is 19.1. The van der Waals surface area contributed by atoms with Gasteiger partial charge in [-0.1, -0.05) is 42.1 Å². The molecule has 1 atom stereocenters. The van der Waals surface area contributed by atoms with Crippen LogP contribution in [0.1, 0.15) is 18.5 Å². The van der Waals surface area contributed by atoms with Crippen LogP contribution in [0, 0.1) is 0 Å². The van der Waals surface area contributed by atoms with Crippen LogP contribution in [0.5, 0.6) is 11.5 Å². The Morgan fingerprint density at radius 2 is 1.94 bits per heavy atom. The van der Waals surface area contributed by atoms with Gasteiger partial charge in [-0.15, -0.1) is 21.5 Å². The maximum absolute atomic E-state index is 5.92. The minimum Gasteiger partial charge on any atom is -0.454 e. The van der Waals surface area contributed by atoms with Crippen molar-refractivity contribution >= 4 is 23.1 Å². The average Bonchev–Trinajstić information content (AvgIpc) is 3.66. The maximum atomic E-state index is 5.92. The standard InChI is InChI=1S/C24H22N4O3S2/c1-2-5-16(6-3-1)23-25-18(13-32-23)14-33-24-27-26-22(28(24)12-19-7-4-10-29-19)17-8-9-20-21(11-17)31-15-30-20/h1-3,5-6,8-9,11,13,19H,4,7,10,12,14-15H2/t19-/m1/s1. The van der Waals surface area contributed by atoms with Crippen LogP contribution in [0.4, 0.5) is 0 Å². The molecule has 0 spiro atoms. The summed E-state index contributed by atoms with van der Waals surface area (Å²) >= 11 is 3.32. The van der Waals surface area contributed by atoms with Gasteiger partial charge in [0.15, 0.2) is 22.5 Å². The van der Waals surface area contributed by atoms with Crippen LogP contribution < -0.4 is 9.47 Å². The molecule has 1 fully saturated rings. The fourth-order valence-electron chi connectivity index (χ4n) is 4.03. The number of benzene rings is 2. The molecule has 0 amide bonds. The first kappa shape index (κ1) is 20.7. The van der Waals surface area contributed by atoms with Crippen LogP contribution in [-0.2, 0) is 17.0 Å². The van der Waals surface area contributed by atoms with Gasteiger partial charge in [-0.3, -0.25) is 4.57 Å². The van der Waals surface area contributed by atoms with Gasteiger partial charge in [-0.25, -0.2) is 4.98 Å². The second-order valence-electron chi connectivity index (χ2n) is 7.92. The number of fused-ring (bicyclic) bond motifs is 1. The van der Waals surface area contributed by atoms with E-state index in [0.717, 1.165) is 76.1 Å². The lowest BCUT2D eigenvalue weighted by Crippen LogP contribution is -2.16. The molecule has 0 unspecified atom stereocenters. The minimum atomic E-state index is 0.178. The Labute approximate surface area is 199 Å². The van der Waals surface area contributed by atoms with Crippen LogP contribution in [0.15, 0.2) is 59.1 Å². The van der Waals surface area contributed by atoms with Gasteiger partial charge in [0.1, 0.15) is 5.01 Å². The lowest BCUT2D eigenvalue weighted by atomic mass is 10.2. The number of thiazole rings is 1. The van der Waals surface area contributed by atoms with Gasteiger partial charge in [0, 0.05) is 28.9 Å². The summed E-state index contributed by atoms with van der Waals surface area (Å²) in [5.74, 6) is 3.05. The van der Waals surface area contributed by atoms with E-state index in [1.165, 1.54) is 0 Å². The molecule has 0 bridgehead atoms. The van der Waals surface area contributed by atoms with Gasteiger partial charge in [0.2, 0.25) is 6.79 Å². The predicted octanol–water partition coefficient (Wildman–Crippen LogP) is 5.27. The molecular weight excluding hydrogens is 456 g/mol. The second kappa shape index (κ2) is 9.17. The molecule has 0 N–H and O–H groups in total. The fraction of sp³-hybridized carbons (Fsp3) is 0.292. The lowest BCUT2D eigenvalue weighted by molar-refractivity contribution is 0.0953. The zero-order valence-corrected chi connectivity index (χ0v) is 19.5. The van der Waals surface area contributed by atoms with Crippen molar-refractivity contribution in [3.8, 4) is 33.5 Å². The summed E-state index contributed by atoms with van der Waals surface area (Å²) in [5, 5.41) is 13.1. The Hall–Kier alpha value is -2.88. The SMILES string of the molecule is c1ccc(-c2nc(CSc3nnc(-c4ccc5c(c4)OCO5)n3C[C@H]3CCCO3)cs2)cc1. The number of aromatic nitrogens is 4. The predicted molar refractivity (Wildman–Crippen MR) is 128 cm³/mol. The molecule has 33 heavy (non-hydrogen) atoms. The first-order valence-electron chi connectivity index (χ1n) is 10.9. The molecule has 4 heterocycles. The molecule has 9 heteroatoms. The quantitative estimate of drug-likeness (QED) is 0.335. The highest BCUT2D eigenvalue weighted by Gasteiger charge is 2.23. The Morgan fingerprint density at radius 3 is 2.82 bits per heavy atom. The monoisotopic (exact) mass is 478 g/mol. The van der Waals surface area contributed by atoms with Gasteiger partial charge >= 0.3 is 0 Å². The highest BCUT2D eigenvalue weighted by molar-refractivity contribution is 7.98. The molecule has 2 aromatic heterocycles. The average molecular weight is 479 g/mol. The largest absolute Gasteiger partial charge is 0.454 e. The summed E-state index contributed by atoms with van der Waals surface area (Å²) in [5.41, 5.74) is 3.14. The maximum Gasteiger partial charge on any atom is 0.231 e. The molecular formula is C24H22N4O3S2. The Kier molecular flexibility index (Phi) is 5.75. The molecule has 0 aliphatic carbocycles. The molecule has 2 aliphatic rings. The highest BCUT2D eigenvalue weighted by Crippen LogP contribution is 2.37. The van der Waals surface area contributed by atoms with Crippen LogP contribution in [-0.4, -0.2) is 39.3 Å². The van der Waals surface area contributed by atoms with Crippen molar-refractivity contribution in [2.24, 2.45) is 0 Å². The van der Waals surface area contributed by atoms with E-state index in [0.29, 0.717) is 0 Å². The molecule has 2 aliphatic heterocycles. The van der Waals surface area contributed by atoms with Crippen molar-refractivity contribution in [2.45, 2.75) is 36.4 Å². The van der Waals surface area contributed by atoms with E-state index in [-0.39, 0.29) is 12.9 Å². The molecule has 1 saturated heterocycles. The van der Waals surface area contributed by atoms with Crippen LogP contribution in [0.25, 0.3) is 22.0 Å². The van der Waals surface area contributed by atoms with Crippen LogP contribution in [0.2, 0.25) is 0 Å². The Morgan fingerprint density at radius 1 is 1.03 bits per heavy atom. The van der Waals surface area contributed by atoms with Gasteiger partial charge in [-0.2, -0.15) is 0 Å². The summed E-state index contributed by atoms with van der Waals surface area (Å²) in [6, 6.07) is 16.2. The van der Waals surface area contributed by atoms with E-state index in [1.54, 1.807) is 23.1 Å². The topological polar surface area (TPSA) is 71.3 Å². The summed E-state index contributed by atoms with van der Waals surface area (Å²) in [4.78, 5) is 4.82. The van der Waals surface area contributed by atoms with Crippen molar-refractivity contribution < 1.29 is 14.2 Å². The summed E-state index contributed by atoms with van der Waals surface area (Å²) in [6.07, 6.45) is 2.32. The van der Waals surface area contributed by atoms with Crippen LogP contribution >= 0.6 is 23.1 Å². The van der Waals surface area contributed by atoms with Crippen LogP contribution in [0.3, 0.4) is 0 Å². The van der Waals surface area contributed by atoms with E-state index < -0.39 is 0 Å². The molecule has 7 nitrogen and oxygen atoms in total. The van der Waals surface area contributed by atoms with E-state index in [2.05, 4.69) is 32.3 Å². The van der Waals surface area contributed by atoms with E-state index in [4.69, 9.17) is 19.2 Å². The third-order valence-corrected chi connectivity index (χ3v) is 7.62. The molecule has 0 saturated carbocycles. The molecule has 0 radical (unpaired) electrons. The Balaban J connectivity index is 1.25. The van der Waals surface area contributed by atoms with E-state index >= 15 is 0 Å². The molecule has 4 aromatic rings. The van der Waals surface area contributed by atoms with Gasteiger partial charge in [-0.05, 0) is 31.0 Å². The van der Waals surface area contributed by atoms with Crippen molar-refractivity contribution in [2.75, 3.05) is 13.4 Å². The van der Waals surface area contributed by atoms with Crippen molar-refractivity contribution in [3.63, 3.8) is 0 Å². The third kappa shape index (κ3) is 4.36. The van der Waals surface area contributed by atoms with Gasteiger partial charge in [0.25, 0.3) is 0 Å². The van der Waals surface area contributed by atoms with Crippen molar-refractivity contribution in [1.82, 2.24) is 19.7 Å². The second-order valence-corrected chi connectivity index (χ2v) is 9.72. The summed E-state index contributed by atoms with van der Waals surface area (Å²) in [7, 11) is 0. The zero-order valence-electron chi connectivity index (χ0n) is 17.8. The first-order valence-corrected chi connectivity index (χ1v) is 12.8. The zero-order chi connectivity index (χ0) is 22.0. The fourth-order valence-corrected chi connectivity index (χ4v) is 5.80. The Bertz CT molecular complexity index is 1250. The lowest BCUT2D eigenvalue weighted by Gasteiger charge is -2.14. The third-order valence-electron chi connectivity index (χ3n) is 5.68. The normalized spacial score (nSPS) is 17.0. The number of thioether (sulfide) groups is 1. The van der Waals surface area contributed by atoms with Gasteiger partial charge < -0.3 is 14.2 Å². The molecule has 2 aromatic carbocycles. The van der Waals surface area contributed by atoms with Crippen molar-refractivity contribution in [1.29, 1.82) is 0 Å². The van der Waals surface area contributed by atoms with E-state index in [1.807, 2.05) is 36.4 Å². The number of nitrogens with zero attached hydrogens (tertiary/aromatic N) is 4. The smallest absolute Gasteiger partial charge is 0.231 e. The highest BCUT2D eigenvalue weighted by atomic mass is 32.2. The summed E-state index contributed by atoms with van der Waals surface area (Å²) in [6.45, 7) is 1.79. The number of ether oxygens (including phenoxy) is 3. The number of hydrogen-bond donors (Lipinski definition) is 0.